The monoisotopic (exact) mass is 142 g/mol. The molecule has 0 fully saturated rings. The summed E-state index contributed by atoms with van der Waals surface area (Å²) in [6.45, 7) is 2.14. The summed E-state index contributed by atoms with van der Waals surface area (Å²) >= 11 is 0. The second kappa shape index (κ2) is 2.84. The minimum Gasteiger partial charge on any atom is -0.465 e. The summed E-state index contributed by atoms with van der Waals surface area (Å²) < 4.78 is 4.70. The van der Waals surface area contributed by atoms with E-state index in [1.807, 2.05) is 0 Å². The van der Waals surface area contributed by atoms with Crippen molar-refractivity contribution < 1.29 is 14.6 Å². The molecule has 1 atom stereocenters. The van der Waals surface area contributed by atoms with E-state index < -0.39 is 0 Å². The molecule has 0 aromatic heterocycles. The zero-order valence-electron chi connectivity index (χ0n) is 5.83. The average Bonchev–Trinajstić information content (AvgIpc) is 2.66. The molecular weight excluding hydrogens is 132 g/mol. The van der Waals surface area contributed by atoms with E-state index in [0.29, 0.717) is 6.61 Å². The van der Waals surface area contributed by atoms with E-state index in [1.165, 1.54) is 0 Å². The lowest BCUT2D eigenvalue weighted by atomic mass is 10.3. The number of carbonyl (C=O) groups excluding carboxylic acids is 1. The predicted molar refractivity (Wildman–Crippen MR) is 35.3 cm³/mol. The molecule has 3 heteroatoms. The number of carbonyl (C=O) groups is 1. The minimum atomic E-state index is -0.244. The van der Waals surface area contributed by atoms with Gasteiger partial charge in [-0.3, -0.25) is 4.79 Å². The van der Waals surface area contributed by atoms with Crippen molar-refractivity contribution >= 4 is 5.97 Å². The Bertz CT molecular complexity index is 172. The van der Waals surface area contributed by atoms with Crippen LogP contribution in [0.1, 0.15) is 6.92 Å². The first-order chi connectivity index (χ1) is 4.79. The fourth-order valence-corrected chi connectivity index (χ4v) is 0.768. The van der Waals surface area contributed by atoms with Crippen LogP contribution in [0.5, 0.6) is 0 Å². The van der Waals surface area contributed by atoms with Crippen molar-refractivity contribution in [1.82, 2.24) is 0 Å². The molecule has 1 unspecified atom stereocenters. The number of rotatable bonds is 3. The quantitative estimate of drug-likeness (QED) is 0.449. The summed E-state index contributed by atoms with van der Waals surface area (Å²) in [5, 5.41) is 8.52. The maximum absolute atomic E-state index is 10.8. The lowest BCUT2D eigenvalue weighted by Crippen LogP contribution is -2.08. The molecule has 0 aliphatic heterocycles. The van der Waals surface area contributed by atoms with E-state index in [0.717, 1.165) is 5.57 Å². The van der Waals surface area contributed by atoms with Gasteiger partial charge in [-0.05, 0) is 12.5 Å². The summed E-state index contributed by atoms with van der Waals surface area (Å²) in [6.07, 6.45) is 1.71. The molecule has 0 spiro atoms. The average molecular weight is 142 g/mol. The fourth-order valence-electron chi connectivity index (χ4n) is 0.768. The molecule has 0 aromatic rings. The third-order valence-corrected chi connectivity index (χ3v) is 1.39. The van der Waals surface area contributed by atoms with E-state index in [2.05, 4.69) is 0 Å². The van der Waals surface area contributed by atoms with Crippen molar-refractivity contribution in [2.75, 3.05) is 13.2 Å². The third kappa shape index (κ3) is 1.36. The number of hydrogen-bond acceptors (Lipinski definition) is 3. The van der Waals surface area contributed by atoms with Crippen LogP contribution in [-0.4, -0.2) is 24.3 Å². The standard InChI is InChI=1S/C7H10O3/c1-2-10-7(9)6-3-5(6)4-8/h3,6,8H,2,4H2,1H3. The van der Waals surface area contributed by atoms with Crippen LogP contribution in [0, 0.1) is 5.92 Å². The first kappa shape index (κ1) is 7.28. The molecule has 0 bridgehead atoms. The van der Waals surface area contributed by atoms with Crippen LogP contribution in [0.15, 0.2) is 11.6 Å². The van der Waals surface area contributed by atoms with Crippen LogP contribution in [0.4, 0.5) is 0 Å². The van der Waals surface area contributed by atoms with E-state index in [4.69, 9.17) is 9.84 Å². The molecule has 1 N–H and O–H groups in total. The summed E-state index contributed by atoms with van der Waals surface area (Å²) in [7, 11) is 0. The number of ether oxygens (including phenoxy) is 1. The molecule has 0 saturated heterocycles. The van der Waals surface area contributed by atoms with Crippen molar-refractivity contribution in [3.8, 4) is 0 Å². The summed E-state index contributed by atoms with van der Waals surface area (Å²) in [5.41, 5.74) is 0.776. The van der Waals surface area contributed by atoms with Crippen molar-refractivity contribution in [1.29, 1.82) is 0 Å². The Kier molecular flexibility index (Phi) is 2.06. The zero-order chi connectivity index (χ0) is 7.56. The van der Waals surface area contributed by atoms with Crippen molar-refractivity contribution in [2.45, 2.75) is 6.92 Å². The molecular formula is C7H10O3. The lowest BCUT2D eigenvalue weighted by molar-refractivity contribution is -0.144. The Morgan fingerprint density at radius 2 is 2.60 bits per heavy atom. The summed E-state index contributed by atoms with van der Waals surface area (Å²) in [5.74, 6) is -0.462. The minimum absolute atomic E-state index is 0.0243. The van der Waals surface area contributed by atoms with Crippen LogP contribution in [0.25, 0.3) is 0 Å². The molecule has 1 aliphatic rings. The Morgan fingerprint density at radius 3 is 3.00 bits per heavy atom. The molecule has 0 aromatic carbocycles. The zero-order valence-corrected chi connectivity index (χ0v) is 5.83. The van der Waals surface area contributed by atoms with Gasteiger partial charge in [-0.1, -0.05) is 6.08 Å². The fraction of sp³-hybridized carbons (Fsp3) is 0.571. The molecule has 0 heterocycles. The molecule has 56 valence electrons. The summed E-state index contributed by atoms with van der Waals surface area (Å²) in [4.78, 5) is 10.8. The molecule has 0 radical (unpaired) electrons. The Labute approximate surface area is 59.3 Å². The van der Waals surface area contributed by atoms with Crippen LogP contribution in [0.3, 0.4) is 0 Å². The lowest BCUT2D eigenvalue weighted by Gasteiger charge is -1.98. The van der Waals surface area contributed by atoms with Gasteiger partial charge in [-0.25, -0.2) is 0 Å². The molecule has 1 rings (SSSR count). The highest BCUT2D eigenvalue weighted by atomic mass is 16.5. The first-order valence-electron chi connectivity index (χ1n) is 3.27. The highest BCUT2D eigenvalue weighted by molar-refractivity contribution is 5.83. The van der Waals surface area contributed by atoms with Gasteiger partial charge >= 0.3 is 5.97 Å². The number of esters is 1. The van der Waals surface area contributed by atoms with Gasteiger partial charge in [0.15, 0.2) is 0 Å². The van der Waals surface area contributed by atoms with E-state index >= 15 is 0 Å². The van der Waals surface area contributed by atoms with Gasteiger partial charge in [0.1, 0.15) is 0 Å². The number of aliphatic hydroxyl groups is 1. The van der Waals surface area contributed by atoms with Crippen LogP contribution < -0.4 is 0 Å². The van der Waals surface area contributed by atoms with Crippen LogP contribution in [-0.2, 0) is 9.53 Å². The van der Waals surface area contributed by atoms with Gasteiger partial charge in [-0.15, -0.1) is 0 Å². The van der Waals surface area contributed by atoms with Gasteiger partial charge < -0.3 is 9.84 Å². The highest BCUT2D eigenvalue weighted by Gasteiger charge is 2.32. The van der Waals surface area contributed by atoms with Crippen molar-refractivity contribution in [3.05, 3.63) is 11.6 Å². The molecule has 3 nitrogen and oxygen atoms in total. The maximum atomic E-state index is 10.8. The van der Waals surface area contributed by atoms with Gasteiger partial charge in [0, 0.05) is 0 Å². The maximum Gasteiger partial charge on any atom is 0.317 e. The van der Waals surface area contributed by atoms with E-state index in [1.54, 1.807) is 13.0 Å². The Balaban J connectivity index is 2.22. The van der Waals surface area contributed by atoms with Crippen LogP contribution >= 0.6 is 0 Å². The van der Waals surface area contributed by atoms with Gasteiger partial charge in [-0.2, -0.15) is 0 Å². The predicted octanol–water partition coefficient (Wildman–Crippen LogP) is 0.0980. The van der Waals surface area contributed by atoms with E-state index in [9.17, 15) is 4.79 Å². The highest BCUT2D eigenvalue weighted by Crippen LogP contribution is 2.28. The first-order valence-corrected chi connectivity index (χ1v) is 3.27. The van der Waals surface area contributed by atoms with Gasteiger partial charge in [0.25, 0.3) is 0 Å². The Morgan fingerprint density at radius 1 is 1.90 bits per heavy atom. The normalized spacial score (nSPS) is 21.8. The van der Waals surface area contributed by atoms with E-state index in [-0.39, 0.29) is 18.5 Å². The molecule has 0 saturated carbocycles. The third-order valence-electron chi connectivity index (χ3n) is 1.39. The largest absolute Gasteiger partial charge is 0.465 e. The van der Waals surface area contributed by atoms with Crippen LogP contribution in [0.2, 0.25) is 0 Å². The van der Waals surface area contributed by atoms with Crippen molar-refractivity contribution in [3.63, 3.8) is 0 Å². The summed E-state index contributed by atoms with van der Waals surface area (Å²) in [6, 6.07) is 0. The Hall–Kier alpha value is -0.830. The van der Waals surface area contributed by atoms with Gasteiger partial charge in [0.2, 0.25) is 0 Å². The topological polar surface area (TPSA) is 46.5 Å². The molecule has 1 aliphatic carbocycles. The SMILES string of the molecule is CCOC(=O)C1C=C1CO. The smallest absolute Gasteiger partial charge is 0.317 e. The molecule has 0 amide bonds. The second-order valence-electron chi connectivity index (χ2n) is 2.13. The van der Waals surface area contributed by atoms with Gasteiger partial charge in [0.05, 0.1) is 19.1 Å². The number of hydrogen-bond donors (Lipinski definition) is 1. The number of aliphatic hydroxyl groups excluding tert-OH is 1. The van der Waals surface area contributed by atoms with Crippen molar-refractivity contribution in [2.24, 2.45) is 5.92 Å². The molecule has 10 heavy (non-hydrogen) atoms. The second-order valence-corrected chi connectivity index (χ2v) is 2.13.